The summed E-state index contributed by atoms with van der Waals surface area (Å²) >= 11 is 0. The molecule has 4 heterocycles. The van der Waals surface area contributed by atoms with Crippen LogP contribution in [-0.2, 0) is 14.2 Å². The molecule has 5 atom stereocenters. The minimum absolute atomic E-state index is 0.169. The number of ether oxygens (including phenoxy) is 3. The van der Waals surface area contributed by atoms with Crippen LogP contribution in [0.15, 0.2) is 36.7 Å². The summed E-state index contributed by atoms with van der Waals surface area (Å²) in [5.74, 6) is 0.169. The molecular formula is C19H21N5O4. The zero-order chi connectivity index (χ0) is 19.3. The average Bonchev–Trinajstić information content (AvgIpc) is 3.13. The highest BCUT2D eigenvalue weighted by molar-refractivity contribution is 5.74. The van der Waals surface area contributed by atoms with Crippen molar-refractivity contribution in [2.45, 2.75) is 37.6 Å². The van der Waals surface area contributed by atoms with Gasteiger partial charge in [0.2, 0.25) is 5.95 Å². The minimum atomic E-state index is -0.817. The predicted octanol–water partition coefficient (Wildman–Crippen LogP) is 1.13. The van der Waals surface area contributed by atoms with Crippen molar-refractivity contribution in [3.8, 4) is 0 Å². The molecule has 0 aliphatic carbocycles. The maximum Gasteiger partial charge on any atom is 0.222 e. The van der Waals surface area contributed by atoms with Gasteiger partial charge in [0.25, 0.3) is 0 Å². The van der Waals surface area contributed by atoms with E-state index in [0.29, 0.717) is 30.1 Å². The van der Waals surface area contributed by atoms with E-state index in [9.17, 15) is 5.11 Å². The van der Waals surface area contributed by atoms with Gasteiger partial charge >= 0.3 is 0 Å². The second kappa shape index (κ2) is 6.78. The molecule has 0 spiro atoms. The monoisotopic (exact) mass is 383 g/mol. The second-order valence-corrected chi connectivity index (χ2v) is 7.10. The molecule has 146 valence electrons. The van der Waals surface area contributed by atoms with Gasteiger partial charge in [-0.15, -0.1) is 0 Å². The summed E-state index contributed by atoms with van der Waals surface area (Å²) < 4.78 is 19.6. The lowest BCUT2D eigenvalue weighted by Gasteiger charge is -2.45. The minimum Gasteiger partial charge on any atom is -0.388 e. The Morgan fingerprint density at radius 2 is 1.96 bits per heavy atom. The maximum atomic E-state index is 11.1. The first kappa shape index (κ1) is 17.5. The van der Waals surface area contributed by atoms with E-state index in [4.69, 9.17) is 19.9 Å². The third-order valence-corrected chi connectivity index (χ3v) is 5.31. The van der Waals surface area contributed by atoms with Crippen LogP contribution in [0, 0.1) is 6.92 Å². The highest BCUT2D eigenvalue weighted by Crippen LogP contribution is 2.36. The summed E-state index contributed by atoms with van der Waals surface area (Å²) in [5.41, 5.74) is 8.62. The third-order valence-electron chi connectivity index (χ3n) is 5.31. The van der Waals surface area contributed by atoms with E-state index >= 15 is 0 Å². The summed E-state index contributed by atoms with van der Waals surface area (Å²) in [6.07, 6.45) is -0.586. The van der Waals surface area contributed by atoms with Crippen LogP contribution < -0.4 is 5.73 Å². The maximum absolute atomic E-state index is 11.1. The number of nitrogens with zero attached hydrogens (tertiary/aromatic N) is 4. The molecule has 0 amide bonds. The Morgan fingerprint density at radius 3 is 2.79 bits per heavy atom. The Labute approximate surface area is 161 Å². The molecule has 5 rings (SSSR count). The van der Waals surface area contributed by atoms with Gasteiger partial charge in [-0.25, -0.2) is 9.97 Å². The first-order valence-corrected chi connectivity index (χ1v) is 9.20. The summed E-state index contributed by atoms with van der Waals surface area (Å²) in [5, 5.41) is 11.1. The number of aryl methyl sites for hydroxylation is 1. The Hall–Kier alpha value is -2.59. The lowest BCUT2D eigenvalue weighted by atomic mass is 9.97. The van der Waals surface area contributed by atoms with Crippen molar-refractivity contribution in [2.75, 3.05) is 18.9 Å². The molecule has 0 radical (unpaired) electrons. The third kappa shape index (κ3) is 2.83. The van der Waals surface area contributed by atoms with Gasteiger partial charge in [0.05, 0.1) is 31.3 Å². The number of aliphatic hydroxyl groups is 1. The van der Waals surface area contributed by atoms with Crippen molar-refractivity contribution < 1.29 is 19.3 Å². The summed E-state index contributed by atoms with van der Waals surface area (Å²) in [6, 6.07) is 9.25. The molecule has 2 aliphatic heterocycles. The molecule has 3 aromatic rings. The predicted molar refractivity (Wildman–Crippen MR) is 99.3 cm³/mol. The SMILES string of the molecule is Cc1nc(N)nc2c1ncn2C1COC2COC(c3ccccc3)OC2C1O. The van der Waals surface area contributed by atoms with Gasteiger partial charge in [0, 0.05) is 5.56 Å². The summed E-state index contributed by atoms with van der Waals surface area (Å²) in [7, 11) is 0. The van der Waals surface area contributed by atoms with Gasteiger partial charge in [-0.05, 0) is 6.92 Å². The number of hydrogen-bond acceptors (Lipinski definition) is 8. The second-order valence-electron chi connectivity index (χ2n) is 7.10. The Kier molecular flexibility index (Phi) is 4.24. The van der Waals surface area contributed by atoms with Crippen LogP contribution in [0.3, 0.4) is 0 Å². The van der Waals surface area contributed by atoms with Crippen LogP contribution in [0.4, 0.5) is 5.95 Å². The fourth-order valence-corrected chi connectivity index (χ4v) is 3.88. The Balaban J connectivity index is 1.44. The van der Waals surface area contributed by atoms with Crippen molar-refractivity contribution >= 4 is 17.1 Å². The standard InChI is InChI=1S/C19H21N5O4/c1-10-14-17(23-19(20)22-10)24(9-21-14)12-7-26-13-8-27-18(28-16(13)15(12)25)11-5-3-2-4-6-11/h2-6,9,12-13,15-16,18,25H,7-8H2,1H3,(H2,20,22,23). The van der Waals surface area contributed by atoms with Crippen molar-refractivity contribution in [2.24, 2.45) is 0 Å². The Bertz CT molecular complexity index is 995. The lowest BCUT2D eigenvalue weighted by molar-refractivity contribution is -0.306. The topological polar surface area (TPSA) is 118 Å². The van der Waals surface area contributed by atoms with Gasteiger partial charge in [-0.2, -0.15) is 4.98 Å². The molecule has 3 N–H and O–H groups in total. The first-order valence-electron chi connectivity index (χ1n) is 9.20. The number of benzene rings is 1. The summed E-state index contributed by atoms with van der Waals surface area (Å²) in [6.45, 7) is 2.47. The smallest absolute Gasteiger partial charge is 0.222 e. The highest BCUT2D eigenvalue weighted by atomic mass is 16.7. The van der Waals surface area contributed by atoms with Crippen molar-refractivity contribution in [1.82, 2.24) is 19.5 Å². The molecule has 2 aromatic heterocycles. The molecule has 9 nitrogen and oxygen atoms in total. The van der Waals surface area contributed by atoms with E-state index in [1.165, 1.54) is 0 Å². The number of anilines is 1. The zero-order valence-corrected chi connectivity index (χ0v) is 15.3. The Morgan fingerprint density at radius 1 is 1.14 bits per heavy atom. The summed E-state index contributed by atoms with van der Waals surface area (Å²) in [4.78, 5) is 12.8. The number of hydrogen-bond donors (Lipinski definition) is 2. The van der Waals surface area contributed by atoms with Gasteiger partial charge in [-0.3, -0.25) is 0 Å². The number of aliphatic hydroxyl groups excluding tert-OH is 1. The van der Waals surface area contributed by atoms with E-state index in [-0.39, 0.29) is 12.1 Å². The molecule has 28 heavy (non-hydrogen) atoms. The van der Waals surface area contributed by atoms with Gasteiger partial charge < -0.3 is 29.6 Å². The van der Waals surface area contributed by atoms with E-state index in [2.05, 4.69) is 15.0 Å². The van der Waals surface area contributed by atoms with Crippen molar-refractivity contribution in [3.05, 3.63) is 47.9 Å². The van der Waals surface area contributed by atoms with E-state index in [0.717, 1.165) is 5.56 Å². The number of rotatable bonds is 2. The number of aromatic nitrogens is 4. The molecular weight excluding hydrogens is 362 g/mol. The van der Waals surface area contributed by atoms with Crippen LogP contribution in [0.25, 0.3) is 11.2 Å². The molecule has 9 heteroatoms. The fraction of sp³-hybridized carbons (Fsp3) is 0.421. The van der Waals surface area contributed by atoms with Gasteiger partial charge in [-0.1, -0.05) is 30.3 Å². The number of nitrogens with two attached hydrogens (primary N) is 1. The highest BCUT2D eigenvalue weighted by Gasteiger charge is 2.46. The van der Waals surface area contributed by atoms with Crippen LogP contribution in [0.5, 0.6) is 0 Å². The number of imidazole rings is 1. The van der Waals surface area contributed by atoms with Crippen molar-refractivity contribution in [3.63, 3.8) is 0 Å². The quantitative estimate of drug-likeness (QED) is 0.676. The van der Waals surface area contributed by atoms with Crippen LogP contribution in [-0.4, -0.2) is 56.2 Å². The van der Waals surface area contributed by atoms with Gasteiger partial charge in [0.1, 0.15) is 23.8 Å². The van der Waals surface area contributed by atoms with Crippen LogP contribution >= 0.6 is 0 Å². The van der Waals surface area contributed by atoms with E-state index in [1.54, 1.807) is 10.9 Å². The van der Waals surface area contributed by atoms with Crippen LogP contribution in [0.1, 0.15) is 23.6 Å². The van der Waals surface area contributed by atoms with Gasteiger partial charge in [0.15, 0.2) is 11.9 Å². The lowest BCUT2D eigenvalue weighted by Crippen LogP contribution is -2.56. The molecule has 2 aliphatic rings. The van der Waals surface area contributed by atoms with E-state index in [1.807, 2.05) is 37.3 Å². The molecule has 5 unspecified atom stereocenters. The largest absolute Gasteiger partial charge is 0.388 e. The average molecular weight is 383 g/mol. The zero-order valence-electron chi connectivity index (χ0n) is 15.3. The first-order chi connectivity index (χ1) is 13.6. The molecule has 2 saturated heterocycles. The van der Waals surface area contributed by atoms with Crippen LogP contribution in [0.2, 0.25) is 0 Å². The molecule has 1 aromatic carbocycles. The van der Waals surface area contributed by atoms with Crippen molar-refractivity contribution in [1.29, 1.82) is 0 Å². The molecule has 0 saturated carbocycles. The normalized spacial score (nSPS) is 30.3. The number of fused-ring (bicyclic) bond motifs is 2. The molecule has 2 fully saturated rings. The number of nitrogen functional groups attached to an aromatic ring is 1. The molecule has 0 bridgehead atoms. The van der Waals surface area contributed by atoms with E-state index < -0.39 is 24.5 Å². The fourth-order valence-electron chi connectivity index (χ4n) is 3.88.